The standard InChI is InChI=1S/C15H23NO3S/c1-15(16-2,14(17)18)9-4-5-10-20-13-8-6-7-12(11-13)19-3/h6-8,11,16H,4-5,9-10H2,1-3H3,(H,17,18). The van der Waals surface area contributed by atoms with Crippen molar-refractivity contribution in [2.75, 3.05) is 19.9 Å². The molecule has 0 spiro atoms. The molecule has 112 valence electrons. The molecule has 0 saturated carbocycles. The van der Waals surface area contributed by atoms with Gasteiger partial charge in [-0.15, -0.1) is 11.8 Å². The summed E-state index contributed by atoms with van der Waals surface area (Å²) in [5.74, 6) is 1.05. The molecule has 0 aliphatic heterocycles. The summed E-state index contributed by atoms with van der Waals surface area (Å²) in [6.45, 7) is 1.73. The Hall–Kier alpha value is -1.20. The second-order valence-corrected chi connectivity index (χ2v) is 6.04. The van der Waals surface area contributed by atoms with Gasteiger partial charge in [-0.25, -0.2) is 0 Å². The molecule has 1 aromatic rings. The molecule has 0 aliphatic carbocycles. The van der Waals surface area contributed by atoms with Crippen LogP contribution >= 0.6 is 11.8 Å². The summed E-state index contributed by atoms with van der Waals surface area (Å²) in [6, 6.07) is 7.97. The molecule has 2 N–H and O–H groups in total. The first kappa shape index (κ1) is 16.9. The minimum absolute atomic E-state index is 0.636. The van der Waals surface area contributed by atoms with Gasteiger partial charge in [0.05, 0.1) is 7.11 Å². The third-order valence-corrected chi connectivity index (χ3v) is 4.48. The number of carboxylic acids is 1. The Bertz CT molecular complexity index is 439. The fourth-order valence-corrected chi connectivity index (χ4v) is 2.76. The highest BCUT2D eigenvalue weighted by atomic mass is 32.2. The number of carboxylic acid groups (broad SMARTS) is 1. The summed E-state index contributed by atoms with van der Waals surface area (Å²) >= 11 is 1.77. The number of aliphatic carboxylic acids is 1. The van der Waals surface area contributed by atoms with Crippen molar-refractivity contribution in [3.05, 3.63) is 24.3 Å². The maximum atomic E-state index is 11.1. The maximum absolute atomic E-state index is 11.1. The van der Waals surface area contributed by atoms with Crippen molar-refractivity contribution in [2.45, 2.75) is 36.6 Å². The number of likely N-dealkylation sites (N-methyl/N-ethyl adjacent to an activating group) is 1. The smallest absolute Gasteiger partial charge is 0.323 e. The van der Waals surface area contributed by atoms with Gasteiger partial charge in [-0.1, -0.05) is 12.5 Å². The van der Waals surface area contributed by atoms with Gasteiger partial charge in [0.2, 0.25) is 0 Å². The van der Waals surface area contributed by atoms with Crippen molar-refractivity contribution in [3.8, 4) is 5.75 Å². The van der Waals surface area contributed by atoms with Crippen LogP contribution in [0.3, 0.4) is 0 Å². The Morgan fingerprint density at radius 2 is 2.20 bits per heavy atom. The summed E-state index contributed by atoms with van der Waals surface area (Å²) in [6.07, 6.45) is 2.52. The van der Waals surface area contributed by atoms with E-state index in [1.807, 2.05) is 18.2 Å². The first-order valence-electron chi connectivity index (χ1n) is 6.71. The van der Waals surface area contributed by atoms with Gasteiger partial charge in [0.25, 0.3) is 0 Å². The van der Waals surface area contributed by atoms with Gasteiger partial charge >= 0.3 is 5.97 Å². The predicted molar refractivity (Wildman–Crippen MR) is 82.7 cm³/mol. The Morgan fingerprint density at radius 1 is 1.45 bits per heavy atom. The average Bonchev–Trinajstić information content (AvgIpc) is 2.46. The number of unbranched alkanes of at least 4 members (excludes halogenated alkanes) is 1. The lowest BCUT2D eigenvalue weighted by atomic mass is 9.95. The van der Waals surface area contributed by atoms with E-state index in [0.717, 1.165) is 24.3 Å². The van der Waals surface area contributed by atoms with Gasteiger partial charge in [-0.3, -0.25) is 4.79 Å². The summed E-state index contributed by atoms with van der Waals surface area (Å²) < 4.78 is 5.18. The van der Waals surface area contributed by atoms with Gasteiger partial charge in [0.15, 0.2) is 0 Å². The van der Waals surface area contributed by atoms with E-state index in [9.17, 15) is 4.79 Å². The molecule has 0 bridgehead atoms. The van der Waals surface area contributed by atoms with E-state index in [-0.39, 0.29) is 0 Å². The zero-order valence-electron chi connectivity index (χ0n) is 12.3. The minimum Gasteiger partial charge on any atom is -0.497 e. The quantitative estimate of drug-likeness (QED) is 0.542. The second-order valence-electron chi connectivity index (χ2n) is 4.87. The third kappa shape index (κ3) is 5.06. The zero-order chi connectivity index (χ0) is 15.0. The lowest BCUT2D eigenvalue weighted by Gasteiger charge is -2.23. The van der Waals surface area contributed by atoms with Gasteiger partial charge in [0.1, 0.15) is 11.3 Å². The first-order chi connectivity index (χ1) is 9.51. The number of methoxy groups -OCH3 is 1. The predicted octanol–water partition coefficient (Wildman–Crippen LogP) is 3.02. The molecular formula is C15H23NO3S. The largest absolute Gasteiger partial charge is 0.497 e. The molecule has 0 amide bonds. The Morgan fingerprint density at radius 3 is 2.80 bits per heavy atom. The van der Waals surface area contributed by atoms with E-state index in [1.54, 1.807) is 32.8 Å². The molecule has 1 aromatic carbocycles. The van der Waals surface area contributed by atoms with Gasteiger partial charge in [0, 0.05) is 4.90 Å². The van der Waals surface area contributed by atoms with Crippen molar-refractivity contribution in [2.24, 2.45) is 0 Å². The van der Waals surface area contributed by atoms with Crippen LogP contribution in [0.1, 0.15) is 26.2 Å². The summed E-state index contributed by atoms with van der Waals surface area (Å²) in [7, 11) is 3.35. The summed E-state index contributed by atoms with van der Waals surface area (Å²) in [5.41, 5.74) is -0.819. The van der Waals surface area contributed by atoms with E-state index in [0.29, 0.717) is 6.42 Å². The van der Waals surface area contributed by atoms with Crippen LogP contribution < -0.4 is 10.1 Å². The molecule has 5 heteroatoms. The summed E-state index contributed by atoms with van der Waals surface area (Å²) in [5, 5.41) is 12.0. The van der Waals surface area contributed by atoms with Crippen LogP contribution in [0.2, 0.25) is 0 Å². The number of nitrogens with one attached hydrogen (secondary N) is 1. The SMILES string of the molecule is CNC(C)(CCCCSc1cccc(OC)c1)C(=O)O. The van der Waals surface area contributed by atoms with E-state index in [1.165, 1.54) is 4.90 Å². The van der Waals surface area contributed by atoms with Crippen molar-refractivity contribution in [3.63, 3.8) is 0 Å². The normalized spacial score (nSPS) is 13.8. The molecule has 0 heterocycles. The van der Waals surface area contributed by atoms with Crippen LogP contribution in [0.25, 0.3) is 0 Å². The lowest BCUT2D eigenvalue weighted by molar-refractivity contribution is -0.144. The highest BCUT2D eigenvalue weighted by molar-refractivity contribution is 7.99. The molecular weight excluding hydrogens is 274 g/mol. The number of hydrogen-bond donors (Lipinski definition) is 2. The van der Waals surface area contributed by atoms with Crippen molar-refractivity contribution in [1.82, 2.24) is 5.32 Å². The van der Waals surface area contributed by atoms with E-state index >= 15 is 0 Å². The average molecular weight is 297 g/mol. The first-order valence-corrected chi connectivity index (χ1v) is 7.69. The number of thioether (sulfide) groups is 1. The van der Waals surface area contributed by atoms with Crippen LogP contribution in [0.5, 0.6) is 5.75 Å². The molecule has 20 heavy (non-hydrogen) atoms. The van der Waals surface area contributed by atoms with Crippen LogP contribution in [-0.4, -0.2) is 36.5 Å². The van der Waals surface area contributed by atoms with Crippen LogP contribution in [0.15, 0.2) is 29.2 Å². The minimum atomic E-state index is -0.819. The topological polar surface area (TPSA) is 58.6 Å². The number of ether oxygens (including phenoxy) is 1. The Balaban J connectivity index is 2.30. The van der Waals surface area contributed by atoms with Gasteiger partial charge in [-0.2, -0.15) is 0 Å². The van der Waals surface area contributed by atoms with Crippen LogP contribution in [-0.2, 0) is 4.79 Å². The molecule has 1 atom stereocenters. The number of rotatable bonds is 9. The number of carbonyl (C=O) groups is 1. The highest BCUT2D eigenvalue weighted by Gasteiger charge is 2.29. The van der Waals surface area contributed by atoms with Crippen LogP contribution in [0.4, 0.5) is 0 Å². The third-order valence-electron chi connectivity index (χ3n) is 3.40. The molecule has 1 rings (SSSR count). The highest BCUT2D eigenvalue weighted by Crippen LogP contribution is 2.24. The fraction of sp³-hybridized carbons (Fsp3) is 0.533. The van der Waals surface area contributed by atoms with E-state index < -0.39 is 11.5 Å². The number of benzene rings is 1. The van der Waals surface area contributed by atoms with Crippen molar-refractivity contribution < 1.29 is 14.6 Å². The zero-order valence-corrected chi connectivity index (χ0v) is 13.1. The second kappa shape index (κ2) is 8.17. The fourth-order valence-electron chi connectivity index (χ4n) is 1.80. The Kier molecular flexibility index (Phi) is 6.88. The molecule has 0 fully saturated rings. The van der Waals surface area contributed by atoms with E-state index in [4.69, 9.17) is 9.84 Å². The van der Waals surface area contributed by atoms with Crippen LogP contribution in [0, 0.1) is 0 Å². The molecule has 0 aromatic heterocycles. The molecule has 1 unspecified atom stereocenters. The number of hydrogen-bond acceptors (Lipinski definition) is 4. The maximum Gasteiger partial charge on any atom is 0.323 e. The van der Waals surface area contributed by atoms with Gasteiger partial charge in [-0.05, 0) is 50.8 Å². The molecule has 4 nitrogen and oxygen atoms in total. The summed E-state index contributed by atoms with van der Waals surface area (Å²) in [4.78, 5) is 12.3. The molecule has 0 saturated heterocycles. The Labute approximate surface area is 124 Å². The van der Waals surface area contributed by atoms with Crippen molar-refractivity contribution >= 4 is 17.7 Å². The van der Waals surface area contributed by atoms with Crippen molar-refractivity contribution in [1.29, 1.82) is 0 Å². The molecule has 0 radical (unpaired) electrons. The lowest BCUT2D eigenvalue weighted by Crippen LogP contribution is -2.47. The van der Waals surface area contributed by atoms with E-state index in [2.05, 4.69) is 11.4 Å². The monoisotopic (exact) mass is 297 g/mol. The van der Waals surface area contributed by atoms with Gasteiger partial charge < -0.3 is 15.2 Å². The molecule has 0 aliphatic rings.